The van der Waals surface area contributed by atoms with Crippen LogP contribution in [0, 0.1) is 5.92 Å². The molecule has 0 unspecified atom stereocenters. The van der Waals surface area contributed by atoms with E-state index in [-0.39, 0.29) is 11.8 Å². The van der Waals surface area contributed by atoms with Crippen LogP contribution in [0.25, 0.3) is 0 Å². The van der Waals surface area contributed by atoms with Crippen molar-refractivity contribution in [3.8, 4) is 0 Å². The van der Waals surface area contributed by atoms with Crippen molar-refractivity contribution in [2.24, 2.45) is 5.92 Å². The quantitative estimate of drug-likeness (QED) is 0.631. The van der Waals surface area contributed by atoms with Crippen LogP contribution in [0.15, 0.2) is 30.3 Å². The summed E-state index contributed by atoms with van der Waals surface area (Å²) in [5.41, 5.74) is 0.847. The summed E-state index contributed by atoms with van der Waals surface area (Å²) in [6.07, 6.45) is 0.562. The summed E-state index contributed by atoms with van der Waals surface area (Å²) in [6, 6.07) is 9.42. The number of para-hydroxylation sites is 1. The Morgan fingerprint density at radius 2 is 2.16 bits per heavy atom. The molecule has 0 bridgehead atoms. The number of nitrogens with one attached hydrogen (secondary N) is 1. The van der Waals surface area contributed by atoms with E-state index in [0.29, 0.717) is 26.1 Å². The third-order valence-electron chi connectivity index (χ3n) is 3.20. The lowest BCUT2D eigenvalue weighted by molar-refractivity contribution is -0.132. The first-order valence-electron chi connectivity index (χ1n) is 6.37. The SMILES string of the molecule is COCCNC(=O)[C@@H]1CCN(c2ccccc2)C1=O. The molecule has 0 spiro atoms. The molecular formula is C14H18N2O3. The highest BCUT2D eigenvalue weighted by Crippen LogP contribution is 2.24. The van der Waals surface area contributed by atoms with Gasteiger partial charge in [-0.2, -0.15) is 0 Å². The Labute approximate surface area is 112 Å². The van der Waals surface area contributed by atoms with Crippen LogP contribution in [-0.4, -0.2) is 38.6 Å². The summed E-state index contributed by atoms with van der Waals surface area (Å²) >= 11 is 0. The van der Waals surface area contributed by atoms with Gasteiger partial charge >= 0.3 is 0 Å². The van der Waals surface area contributed by atoms with Crippen molar-refractivity contribution < 1.29 is 14.3 Å². The lowest BCUT2D eigenvalue weighted by atomic mass is 10.1. The summed E-state index contributed by atoms with van der Waals surface area (Å²) in [6.45, 7) is 1.48. The Hall–Kier alpha value is -1.88. The number of amides is 2. The fourth-order valence-electron chi connectivity index (χ4n) is 2.19. The number of ether oxygens (including phenoxy) is 1. The Morgan fingerprint density at radius 1 is 1.42 bits per heavy atom. The fourth-order valence-corrected chi connectivity index (χ4v) is 2.19. The van der Waals surface area contributed by atoms with Crippen molar-refractivity contribution in [3.63, 3.8) is 0 Å². The van der Waals surface area contributed by atoms with E-state index >= 15 is 0 Å². The number of hydrogen-bond acceptors (Lipinski definition) is 3. The van der Waals surface area contributed by atoms with Crippen LogP contribution in [0.3, 0.4) is 0 Å². The number of carbonyl (C=O) groups is 2. The van der Waals surface area contributed by atoms with Crippen molar-refractivity contribution >= 4 is 17.5 Å². The van der Waals surface area contributed by atoms with E-state index in [2.05, 4.69) is 5.32 Å². The standard InChI is InChI=1S/C14H18N2O3/c1-19-10-8-15-13(17)12-7-9-16(14(12)18)11-5-3-2-4-6-11/h2-6,12H,7-10H2,1H3,(H,15,17)/t12-/m0/s1. The van der Waals surface area contributed by atoms with E-state index < -0.39 is 5.92 Å². The van der Waals surface area contributed by atoms with Crippen molar-refractivity contribution in [1.29, 1.82) is 0 Å². The van der Waals surface area contributed by atoms with Gasteiger partial charge in [0.05, 0.1) is 6.61 Å². The maximum absolute atomic E-state index is 12.2. The van der Waals surface area contributed by atoms with Gasteiger partial charge in [-0.3, -0.25) is 9.59 Å². The summed E-state index contributed by atoms with van der Waals surface area (Å²) in [5.74, 6) is -0.904. The predicted molar refractivity (Wildman–Crippen MR) is 71.8 cm³/mol. The number of methoxy groups -OCH3 is 1. The second-order valence-electron chi connectivity index (χ2n) is 4.45. The lowest BCUT2D eigenvalue weighted by Gasteiger charge is -2.16. The molecule has 1 fully saturated rings. The van der Waals surface area contributed by atoms with Crippen molar-refractivity contribution in [1.82, 2.24) is 5.32 Å². The van der Waals surface area contributed by atoms with Gasteiger partial charge in [0.1, 0.15) is 5.92 Å². The summed E-state index contributed by atoms with van der Waals surface area (Å²) < 4.78 is 4.86. The van der Waals surface area contributed by atoms with Gasteiger partial charge in [-0.15, -0.1) is 0 Å². The number of nitrogens with zero attached hydrogens (tertiary/aromatic N) is 1. The molecule has 1 aromatic rings. The molecule has 1 heterocycles. The van der Waals surface area contributed by atoms with Crippen LogP contribution in [0.5, 0.6) is 0 Å². The smallest absolute Gasteiger partial charge is 0.239 e. The summed E-state index contributed by atoms with van der Waals surface area (Å²) in [5, 5.41) is 2.72. The molecule has 1 atom stereocenters. The average molecular weight is 262 g/mol. The highest BCUT2D eigenvalue weighted by atomic mass is 16.5. The van der Waals surface area contributed by atoms with Crippen LogP contribution in [0.2, 0.25) is 0 Å². The Bertz CT molecular complexity index is 447. The Kier molecular flexibility index (Phi) is 4.52. The van der Waals surface area contributed by atoms with Crippen LogP contribution < -0.4 is 10.2 Å². The van der Waals surface area contributed by atoms with Crippen molar-refractivity contribution in [2.45, 2.75) is 6.42 Å². The zero-order chi connectivity index (χ0) is 13.7. The van der Waals surface area contributed by atoms with Crippen LogP contribution >= 0.6 is 0 Å². The van der Waals surface area contributed by atoms with Crippen molar-refractivity contribution in [3.05, 3.63) is 30.3 Å². The second-order valence-corrected chi connectivity index (χ2v) is 4.45. The van der Waals surface area contributed by atoms with E-state index in [4.69, 9.17) is 4.74 Å². The number of rotatable bonds is 5. The largest absolute Gasteiger partial charge is 0.383 e. The first kappa shape index (κ1) is 13.5. The predicted octanol–water partition coefficient (Wildman–Crippen LogP) is 0.802. The first-order chi connectivity index (χ1) is 9.24. The van der Waals surface area contributed by atoms with E-state index in [1.54, 1.807) is 12.0 Å². The van der Waals surface area contributed by atoms with Gasteiger partial charge in [-0.05, 0) is 18.6 Å². The normalized spacial score (nSPS) is 18.7. The van der Waals surface area contributed by atoms with E-state index in [1.807, 2.05) is 30.3 Å². The zero-order valence-electron chi connectivity index (χ0n) is 11.0. The molecule has 2 amide bonds. The minimum atomic E-state index is -0.572. The molecule has 1 N–H and O–H groups in total. The van der Waals surface area contributed by atoms with Gasteiger partial charge in [-0.25, -0.2) is 0 Å². The summed E-state index contributed by atoms with van der Waals surface area (Å²) in [4.78, 5) is 25.8. The maximum atomic E-state index is 12.2. The average Bonchev–Trinajstić information content (AvgIpc) is 2.82. The van der Waals surface area contributed by atoms with Crippen molar-refractivity contribution in [2.75, 3.05) is 31.7 Å². The molecule has 1 aliphatic rings. The van der Waals surface area contributed by atoms with Gasteiger partial charge in [0.25, 0.3) is 0 Å². The molecule has 102 valence electrons. The number of hydrogen-bond donors (Lipinski definition) is 1. The third kappa shape index (κ3) is 3.12. The topological polar surface area (TPSA) is 58.6 Å². The van der Waals surface area contributed by atoms with Gasteiger partial charge in [0.15, 0.2) is 0 Å². The molecule has 0 aromatic heterocycles. The number of benzene rings is 1. The monoisotopic (exact) mass is 262 g/mol. The van der Waals surface area contributed by atoms with Crippen LogP contribution in [0.1, 0.15) is 6.42 Å². The van der Waals surface area contributed by atoms with Gasteiger partial charge in [0.2, 0.25) is 11.8 Å². The molecule has 1 saturated heterocycles. The fraction of sp³-hybridized carbons (Fsp3) is 0.429. The highest BCUT2D eigenvalue weighted by molar-refractivity contribution is 6.09. The minimum Gasteiger partial charge on any atom is -0.383 e. The van der Waals surface area contributed by atoms with Gasteiger partial charge in [-0.1, -0.05) is 18.2 Å². The zero-order valence-corrected chi connectivity index (χ0v) is 11.0. The van der Waals surface area contributed by atoms with Crippen LogP contribution in [-0.2, 0) is 14.3 Å². The molecular weight excluding hydrogens is 244 g/mol. The summed E-state index contributed by atoms with van der Waals surface area (Å²) in [7, 11) is 1.57. The lowest BCUT2D eigenvalue weighted by Crippen LogP contribution is -2.38. The maximum Gasteiger partial charge on any atom is 0.239 e. The molecule has 19 heavy (non-hydrogen) atoms. The molecule has 5 heteroatoms. The minimum absolute atomic E-state index is 0.124. The van der Waals surface area contributed by atoms with E-state index in [0.717, 1.165) is 5.69 Å². The number of anilines is 1. The molecule has 5 nitrogen and oxygen atoms in total. The first-order valence-corrected chi connectivity index (χ1v) is 6.37. The number of carbonyl (C=O) groups excluding carboxylic acids is 2. The van der Waals surface area contributed by atoms with E-state index in [9.17, 15) is 9.59 Å². The molecule has 0 saturated carbocycles. The molecule has 0 radical (unpaired) electrons. The van der Waals surface area contributed by atoms with Gasteiger partial charge in [0, 0.05) is 25.9 Å². The third-order valence-corrected chi connectivity index (χ3v) is 3.20. The second kappa shape index (κ2) is 6.33. The Balaban J connectivity index is 1.96. The van der Waals surface area contributed by atoms with E-state index in [1.165, 1.54) is 0 Å². The molecule has 0 aliphatic carbocycles. The van der Waals surface area contributed by atoms with Gasteiger partial charge < -0.3 is 15.0 Å². The molecule has 1 aromatic carbocycles. The highest BCUT2D eigenvalue weighted by Gasteiger charge is 2.37. The Morgan fingerprint density at radius 3 is 2.84 bits per heavy atom. The molecule has 1 aliphatic heterocycles. The van der Waals surface area contributed by atoms with Crippen LogP contribution in [0.4, 0.5) is 5.69 Å². The molecule has 2 rings (SSSR count).